The van der Waals surface area contributed by atoms with Crippen LogP contribution >= 0.6 is 12.2 Å². The average Bonchev–Trinajstić information content (AvgIpc) is 2.63. The molecule has 140 valence electrons. The molecule has 0 spiro atoms. The number of benzene rings is 1. The van der Waals surface area contributed by atoms with Crippen LogP contribution in [0.3, 0.4) is 0 Å². The second-order valence-corrected chi connectivity index (χ2v) is 6.56. The van der Waals surface area contributed by atoms with E-state index in [4.69, 9.17) is 26.4 Å². The molecule has 1 aromatic carbocycles. The normalized spacial score (nSPS) is 17.6. The van der Waals surface area contributed by atoms with Gasteiger partial charge in [0.1, 0.15) is 5.75 Å². The Morgan fingerprint density at radius 2 is 1.92 bits per heavy atom. The van der Waals surface area contributed by atoms with Gasteiger partial charge in [-0.25, -0.2) is 0 Å². The summed E-state index contributed by atoms with van der Waals surface area (Å²) in [7, 11) is 3.37. The summed E-state index contributed by atoms with van der Waals surface area (Å²) in [6.07, 6.45) is 0. The number of thiocarbonyl (C=S) groups is 1. The van der Waals surface area contributed by atoms with E-state index in [0.29, 0.717) is 11.7 Å². The first kappa shape index (κ1) is 19.9. The molecule has 0 amide bonds. The van der Waals surface area contributed by atoms with Crippen LogP contribution in [0.15, 0.2) is 24.3 Å². The molecule has 0 radical (unpaired) electrons. The third kappa shape index (κ3) is 6.43. The van der Waals surface area contributed by atoms with E-state index in [1.165, 1.54) is 5.56 Å². The minimum Gasteiger partial charge on any atom is -0.497 e. The van der Waals surface area contributed by atoms with Crippen LogP contribution in [0.2, 0.25) is 0 Å². The van der Waals surface area contributed by atoms with Crippen molar-refractivity contribution >= 4 is 17.3 Å². The maximum Gasteiger partial charge on any atom is 0.166 e. The second-order valence-electron chi connectivity index (χ2n) is 6.15. The van der Waals surface area contributed by atoms with Crippen molar-refractivity contribution < 1.29 is 14.2 Å². The van der Waals surface area contributed by atoms with Gasteiger partial charge in [0.05, 0.1) is 33.0 Å². The van der Waals surface area contributed by atoms with E-state index in [-0.39, 0.29) is 12.1 Å². The molecular formula is C18H29N3O3S. The fourth-order valence-corrected chi connectivity index (χ4v) is 3.21. The molecule has 1 aliphatic rings. The molecule has 6 nitrogen and oxygen atoms in total. The Hall–Kier alpha value is -1.41. The van der Waals surface area contributed by atoms with E-state index >= 15 is 0 Å². The van der Waals surface area contributed by atoms with Crippen molar-refractivity contribution in [2.45, 2.75) is 19.0 Å². The summed E-state index contributed by atoms with van der Waals surface area (Å²) in [5.41, 5.74) is 1.24. The quantitative estimate of drug-likeness (QED) is 0.677. The zero-order valence-corrected chi connectivity index (χ0v) is 16.1. The molecule has 2 N–H and O–H groups in total. The average molecular weight is 368 g/mol. The van der Waals surface area contributed by atoms with Crippen LogP contribution in [0.1, 0.15) is 18.5 Å². The van der Waals surface area contributed by atoms with E-state index in [1.807, 2.05) is 19.1 Å². The number of ether oxygens (including phenoxy) is 3. The Balaban J connectivity index is 1.99. The summed E-state index contributed by atoms with van der Waals surface area (Å²) < 4.78 is 15.9. The van der Waals surface area contributed by atoms with Crippen LogP contribution in [0.5, 0.6) is 5.75 Å². The van der Waals surface area contributed by atoms with Gasteiger partial charge in [-0.2, -0.15) is 0 Å². The molecule has 0 aromatic heterocycles. The molecule has 25 heavy (non-hydrogen) atoms. The number of rotatable bonds is 8. The molecule has 0 bridgehead atoms. The highest BCUT2D eigenvalue weighted by molar-refractivity contribution is 7.80. The van der Waals surface area contributed by atoms with E-state index in [2.05, 4.69) is 27.7 Å². The predicted octanol–water partition coefficient (Wildman–Crippen LogP) is 1.57. The lowest BCUT2D eigenvalue weighted by Gasteiger charge is -2.35. The summed E-state index contributed by atoms with van der Waals surface area (Å²) in [4.78, 5) is 2.43. The monoisotopic (exact) mass is 367 g/mol. The van der Waals surface area contributed by atoms with Gasteiger partial charge in [-0.05, 0) is 36.8 Å². The van der Waals surface area contributed by atoms with Crippen molar-refractivity contribution in [2.75, 3.05) is 53.7 Å². The van der Waals surface area contributed by atoms with Crippen molar-refractivity contribution in [1.29, 1.82) is 0 Å². The molecule has 1 fully saturated rings. The van der Waals surface area contributed by atoms with Gasteiger partial charge in [-0.3, -0.25) is 4.90 Å². The van der Waals surface area contributed by atoms with Crippen molar-refractivity contribution in [2.24, 2.45) is 0 Å². The van der Waals surface area contributed by atoms with E-state index < -0.39 is 0 Å². The largest absolute Gasteiger partial charge is 0.497 e. The first-order valence-electron chi connectivity index (χ1n) is 8.63. The van der Waals surface area contributed by atoms with Crippen molar-refractivity contribution in [3.05, 3.63) is 29.8 Å². The van der Waals surface area contributed by atoms with Gasteiger partial charge in [0.2, 0.25) is 0 Å². The van der Waals surface area contributed by atoms with Gasteiger partial charge < -0.3 is 24.8 Å². The third-order valence-electron chi connectivity index (χ3n) is 4.24. The smallest absolute Gasteiger partial charge is 0.166 e. The first-order chi connectivity index (χ1) is 12.1. The van der Waals surface area contributed by atoms with Crippen LogP contribution in [0, 0.1) is 0 Å². The topological polar surface area (TPSA) is 55.0 Å². The lowest BCUT2D eigenvalue weighted by molar-refractivity contribution is 0.0170. The summed E-state index contributed by atoms with van der Waals surface area (Å²) in [5.74, 6) is 0.864. The van der Waals surface area contributed by atoms with Crippen LogP contribution < -0.4 is 15.4 Å². The van der Waals surface area contributed by atoms with Crippen LogP contribution in [-0.2, 0) is 9.47 Å². The van der Waals surface area contributed by atoms with E-state index in [9.17, 15) is 0 Å². The summed E-state index contributed by atoms with van der Waals surface area (Å²) in [5, 5.41) is 7.24. The van der Waals surface area contributed by atoms with Crippen molar-refractivity contribution in [3.8, 4) is 5.75 Å². The number of methoxy groups -OCH3 is 2. The van der Waals surface area contributed by atoms with Crippen molar-refractivity contribution in [3.63, 3.8) is 0 Å². The Morgan fingerprint density at radius 3 is 2.52 bits per heavy atom. The highest BCUT2D eigenvalue weighted by Crippen LogP contribution is 2.23. The van der Waals surface area contributed by atoms with Crippen molar-refractivity contribution in [1.82, 2.24) is 15.5 Å². The van der Waals surface area contributed by atoms with Gasteiger partial charge in [0.15, 0.2) is 5.11 Å². The fraction of sp³-hybridized carbons (Fsp3) is 0.611. The zero-order chi connectivity index (χ0) is 18.1. The van der Waals surface area contributed by atoms with Crippen LogP contribution in [0.25, 0.3) is 0 Å². The molecule has 1 heterocycles. The van der Waals surface area contributed by atoms with Gasteiger partial charge in [-0.15, -0.1) is 0 Å². The minimum absolute atomic E-state index is 0.174. The molecule has 2 unspecified atom stereocenters. The maximum atomic E-state index is 5.49. The Labute approximate surface area is 155 Å². The zero-order valence-electron chi connectivity index (χ0n) is 15.3. The predicted molar refractivity (Wildman–Crippen MR) is 103 cm³/mol. The lowest BCUT2D eigenvalue weighted by atomic mass is 10.0. The SMILES string of the molecule is COCC(C)NC(=S)NCC(c1ccc(OC)cc1)N1CCOCC1. The number of hydrogen-bond donors (Lipinski definition) is 2. The second kappa shape index (κ2) is 10.6. The number of nitrogens with one attached hydrogen (secondary N) is 2. The molecular weight excluding hydrogens is 338 g/mol. The molecule has 1 aliphatic heterocycles. The van der Waals surface area contributed by atoms with Gasteiger partial charge >= 0.3 is 0 Å². The summed E-state index contributed by atoms with van der Waals surface area (Å²) in [6, 6.07) is 8.63. The van der Waals surface area contributed by atoms with Crippen LogP contribution in [-0.4, -0.2) is 69.7 Å². The molecule has 2 rings (SSSR count). The standard InChI is InChI=1S/C18H29N3O3S/c1-14(13-22-2)20-18(25)19-12-17(21-8-10-24-11-9-21)15-4-6-16(23-3)7-5-15/h4-7,14,17H,8-13H2,1-3H3,(H2,19,20,25). The highest BCUT2D eigenvalue weighted by Gasteiger charge is 2.23. The number of hydrogen-bond acceptors (Lipinski definition) is 5. The van der Waals surface area contributed by atoms with Gasteiger partial charge in [-0.1, -0.05) is 12.1 Å². The highest BCUT2D eigenvalue weighted by atomic mass is 32.1. The van der Waals surface area contributed by atoms with Gasteiger partial charge in [0, 0.05) is 32.8 Å². The molecule has 0 saturated carbocycles. The number of morpholine rings is 1. The summed E-state index contributed by atoms with van der Waals surface area (Å²) >= 11 is 5.41. The molecule has 0 aliphatic carbocycles. The Bertz CT molecular complexity index is 521. The number of nitrogens with zero attached hydrogens (tertiary/aromatic N) is 1. The molecule has 1 saturated heterocycles. The van der Waals surface area contributed by atoms with Gasteiger partial charge in [0.25, 0.3) is 0 Å². The third-order valence-corrected chi connectivity index (χ3v) is 4.50. The molecule has 1 aromatic rings. The maximum absolute atomic E-state index is 5.49. The fourth-order valence-electron chi connectivity index (χ4n) is 2.93. The van der Waals surface area contributed by atoms with Crippen LogP contribution in [0.4, 0.5) is 0 Å². The Morgan fingerprint density at radius 1 is 1.24 bits per heavy atom. The Kier molecular flexibility index (Phi) is 8.40. The molecule has 7 heteroatoms. The molecule has 2 atom stereocenters. The van der Waals surface area contributed by atoms with E-state index in [1.54, 1.807) is 14.2 Å². The lowest BCUT2D eigenvalue weighted by Crippen LogP contribution is -2.47. The summed E-state index contributed by atoms with van der Waals surface area (Å²) in [6.45, 7) is 6.75. The van der Waals surface area contributed by atoms with E-state index in [0.717, 1.165) is 38.6 Å². The first-order valence-corrected chi connectivity index (χ1v) is 9.04. The minimum atomic E-state index is 0.174.